The van der Waals surface area contributed by atoms with E-state index in [0.717, 1.165) is 38.5 Å². The van der Waals surface area contributed by atoms with Crippen molar-refractivity contribution in [3.8, 4) is 0 Å². The van der Waals surface area contributed by atoms with Gasteiger partial charge in [-0.2, -0.15) is 11.8 Å². The number of hydrogen-bond donors (Lipinski definition) is 3. The molecule has 3 saturated carbocycles. The molecule has 154 valence electrons. The molecule has 0 bridgehead atoms. The van der Waals surface area contributed by atoms with Crippen LogP contribution < -0.4 is 0 Å². The van der Waals surface area contributed by atoms with Crippen LogP contribution in [0, 0.1) is 28.6 Å². The van der Waals surface area contributed by atoms with Gasteiger partial charge in [-0.15, -0.1) is 0 Å². The summed E-state index contributed by atoms with van der Waals surface area (Å²) in [6.45, 7) is 4.18. The molecule has 4 aliphatic rings. The predicted octanol–water partition coefficient (Wildman–Crippen LogP) is 2.36. The van der Waals surface area contributed by atoms with Crippen molar-refractivity contribution in [3.63, 3.8) is 0 Å². The molecule has 0 aromatic rings. The molecule has 6 heteroatoms. The highest BCUT2D eigenvalue weighted by Gasteiger charge is 2.65. The lowest BCUT2D eigenvalue weighted by molar-refractivity contribution is -0.175. The van der Waals surface area contributed by atoms with Gasteiger partial charge in [0.25, 0.3) is 0 Å². The van der Waals surface area contributed by atoms with E-state index in [1.54, 1.807) is 18.7 Å². The van der Waals surface area contributed by atoms with E-state index in [2.05, 4.69) is 6.92 Å². The van der Waals surface area contributed by atoms with Crippen LogP contribution in [0.25, 0.3) is 0 Å². The van der Waals surface area contributed by atoms with Gasteiger partial charge in [0.2, 0.25) is 0 Å². The molecule has 3 N–H and O–H groups in total. The van der Waals surface area contributed by atoms with Gasteiger partial charge in [-0.05, 0) is 55.8 Å². The topological polar surface area (TPSA) is 87.0 Å². The van der Waals surface area contributed by atoms with Gasteiger partial charge in [0.1, 0.15) is 6.10 Å². The fourth-order valence-corrected chi connectivity index (χ4v) is 8.99. The zero-order valence-corrected chi connectivity index (χ0v) is 17.3. The summed E-state index contributed by atoms with van der Waals surface area (Å²) in [5.41, 5.74) is -0.265. The average molecular weight is 399 g/mol. The van der Waals surface area contributed by atoms with Crippen molar-refractivity contribution in [1.82, 2.24) is 0 Å². The van der Waals surface area contributed by atoms with E-state index in [4.69, 9.17) is 4.74 Å². The second-order valence-electron chi connectivity index (χ2n) is 9.63. The molecule has 0 aromatic carbocycles. The Labute approximate surface area is 166 Å². The lowest BCUT2D eigenvalue weighted by atomic mass is 9.46. The minimum atomic E-state index is -0.422. The minimum Gasteiger partial charge on any atom is -0.461 e. The highest BCUT2D eigenvalue weighted by atomic mass is 32.2. The van der Waals surface area contributed by atoms with Gasteiger partial charge in [0.05, 0.1) is 18.8 Å². The summed E-state index contributed by atoms with van der Waals surface area (Å²) in [5.74, 6) is 1.44. The first-order valence-electron chi connectivity index (χ1n) is 10.6. The number of carbonyl (C=O) groups excluding carboxylic acids is 1. The zero-order chi connectivity index (χ0) is 19.4. The fraction of sp³-hybridized carbons (Fsp3) is 0.952. The summed E-state index contributed by atoms with van der Waals surface area (Å²) in [6.07, 6.45) is 4.69. The third-order valence-corrected chi connectivity index (χ3v) is 10.2. The van der Waals surface area contributed by atoms with Crippen molar-refractivity contribution in [2.24, 2.45) is 28.6 Å². The van der Waals surface area contributed by atoms with Gasteiger partial charge < -0.3 is 20.1 Å². The molecule has 1 heterocycles. The van der Waals surface area contributed by atoms with Crippen molar-refractivity contribution >= 4 is 17.7 Å². The van der Waals surface area contributed by atoms with Crippen molar-refractivity contribution in [3.05, 3.63) is 0 Å². The number of esters is 1. The normalized spacial score (nSPS) is 51.8. The molecule has 5 nitrogen and oxygen atoms in total. The quantitative estimate of drug-likeness (QED) is 0.633. The Balaban J connectivity index is 1.62. The van der Waals surface area contributed by atoms with E-state index in [0.29, 0.717) is 24.0 Å². The van der Waals surface area contributed by atoms with Gasteiger partial charge in [0.15, 0.2) is 0 Å². The Morgan fingerprint density at radius 3 is 2.70 bits per heavy atom. The van der Waals surface area contributed by atoms with E-state index < -0.39 is 11.5 Å². The first-order valence-corrected chi connectivity index (χ1v) is 11.7. The smallest absolute Gasteiger partial charge is 0.305 e. The fourth-order valence-electron chi connectivity index (χ4n) is 6.93. The summed E-state index contributed by atoms with van der Waals surface area (Å²) in [7, 11) is 0. The monoisotopic (exact) mass is 398 g/mol. The maximum atomic E-state index is 11.9. The number of carbonyl (C=O) groups is 1. The third-order valence-electron chi connectivity index (χ3n) is 8.55. The molecule has 4 fully saturated rings. The van der Waals surface area contributed by atoms with Crippen LogP contribution in [0.4, 0.5) is 0 Å². The number of aliphatic hydroxyl groups excluding tert-OH is 3. The molecular formula is C21H34O5S. The number of ether oxygens (including phenoxy) is 1. The lowest BCUT2D eigenvalue weighted by Crippen LogP contribution is -2.62. The van der Waals surface area contributed by atoms with Crippen LogP contribution in [0.2, 0.25) is 0 Å². The Kier molecular flexibility index (Phi) is 5.32. The maximum Gasteiger partial charge on any atom is 0.305 e. The summed E-state index contributed by atoms with van der Waals surface area (Å²) in [6, 6.07) is 0. The molecule has 27 heavy (non-hydrogen) atoms. The van der Waals surface area contributed by atoms with Gasteiger partial charge in [-0.3, -0.25) is 4.79 Å². The van der Waals surface area contributed by atoms with Crippen LogP contribution in [0.1, 0.15) is 58.8 Å². The molecule has 1 saturated heterocycles. The summed E-state index contributed by atoms with van der Waals surface area (Å²) in [5, 5.41) is 31.8. The first kappa shape index (κ1) is 20.0. The molecule has 0 spiro atoms. The van der Waals surface area contributed by atoms with E-state index in [1.807, 2.05) is 0 Å². The van der Waals surface area contributed by atoms with Crippen molar-refractivity contribution in [2.75, 3.05) is 12.4 Å². The van der Waals surface area contributed by atoms with Gasteiger partial charge in [-0.25, -0.2) is 0 Å². The Hall–Kier alpha value is -0.300. The molecule has 1 aliphatic heterocycles. The third kappa shape index (κ3) is 2.97. The van der Waals surface area contributed by atoms with Crippen molar-refractivity contribution in [2.45, 2.75) is 82.4 Å². The Morgan fingerprint density at radius 2 is 2.00 bits per heavy atom. The van der Waals surface area contributed by atoms with Crippen LogP contribution in [0.3, 0.4) is 0 Å². The molecular weight excluding hydrogens is 364 g/mol. The predicted molar refractivity (Wildman–Crippen MR) is 104 cm³/mol. The van der Waals surface area contributed by atoms with Crippen molar-refractivity contribution < 1.29 is 24.9 Å². The highest BCUT2D eigenvalue weighted by molar-refractivity contribution is 8.00. The molecule has 0 aromatic heterocycles. The van der Waals surface area contributed by atoms with Crippen LogP contribution in [-0.4, -0.2) is 57.2 Å². The summed E-state index contributed by atoms with van der Waals surface area (Å²) in [4.78, 5) is 11.9. The van der Waals surface area contributed by atoms with E-state index in [-0.39, 0.29) is 41.4 Å². The average Bonchev–Trinajstić information content (AvgIpc) is 3.02. The second kappa shape index (κ2) is 7.19. The Bertz CT molecular complexity index is 585. The van der Waals surface area contributed by atoms with Gasteiger partial charge >= 0.3 is 5.97 Å². The highest BCUT2D eigenvalue weighted by Crippen LogP contribution is 2.66. The molecule has 0 amide bonds. The van der Waals surface area contributed by atoms with E-state index >= 15 is 0 Å². The van der Waals surface area contributed by atoms with Crippen LogP contribution in [0.5, 0.6) is 0 Å². The minimum absolute atomic E-state index is 0.0150. The SMILES string of the molecule is CCC(=O)O[C@H]1CSC2C3C(CC[C@@]21CO)[C@@]1(C)CC[C@H](O)CC1C[C@@H]3O. The molecule has 9 atom stereocenters. The van der Waals surface area contributed by atoms with Crippen molar-refractivity contribution in [1.29, 1.82) is 0 Å². The summed E-state index contributed by atoms with van der Waals surface area (Å²) < 4.78 is 5.75. The maximum absolute atomic E-state index is 11.9. The molecule has 4 rings (SSSR count). The van der Waals surface area contributed by atoms with Crippen LogP contribution >= 0.6 is 11.8 Å². The Morgan fingerprint density at radius 1 is 1.22 bits per heavy atom. The van der Waals surface area contributed by atoms with E-state index in [9.17, 15) is 20.1 Å². The zero-order valence-electron chi connectivity index (χ0n) is 16.5. The number of fused-ring (bicyclic) bond motifs is 5. The molecule has 0 radical (unpaired) electrons. The summed E-state index contributed by atoms with van der Waals surface area (Å²) >= 11 is 1.79. The number of rotatable bonds is 3. The van der Waals surface area contributed by atoms with Crippen LogP contribution in [-0.2, 0) is 9.53 Å². The number of thioether (sulfide) groups is 1. The van der Waals surface area contributed by atoms with Gasteiger partial charge in [0, 0.05) is 28.8 Å². The first-order chi connectivity index (χ1) is 12.9. The lowest BCUT2D eigenvalue weighted by Gasteiger charge is -2.61. The van der Waals surface area contributed by atoms with E-state index in [1.165, 1.54) is 0 Å². The second-order valence-corrected chi connectivity index (χ2v) is 10.8. The van der Waals surface area contributed by atoms with Gasteiger partial charge in [-0.1, -0.05) is 13.8 Å². The number of aliphatic hydroxyl groups is 3. The molecule has 4 unspecified atom stereocenters. The standard InChI is InChI=1S/C21H34O5S/c1-3-17(25)26-16-10-27-19-18-14(5-7-21(16,19)11-22)20(2)6-4-13(23)8-12(20)9-15(18)24/h12-16,18-19,22-24H,3-11H2,1-2H3/t12?,13-,14?,15-,16-,18?,19?,20-,21-/m0/s1. The largest absolute Gasteiger partial charge is 0.461 e. The molecule has 3 aliphatic carbocycles. The van der Waals surface area contributed by atoms with Crippen LogP contribution in [0.15, 0.2) is 0 Å². The number of hydrogen-bond acceptors (Lipinski definition) is 6.